The standard InChI is InChI=1S/C25H27ClN2O3S/c1-17(2)23-7-5-6-8-24(23)27-25(29)16-28(21-12-9-18(3)19(4)15-21)32(30,31)22-13-10-20(26)11-14-22/h5-15,17H,16H2,1-4H3,(H,27,29). The molecule has 32 heavy (non-hydrogen) atoms. The molecular weight excluding hydrogens is 444 g/mol. The van der Waals surface area contributed by atoms with Crippen molar-refractivity contribution < 1.29 is 13.2 Å². The lowest BCUT2D eigenvalue weighted by atomic mass is 10.0. The van der Waals surface area contributed by atoms with Gasteiger partial charge in [0, 0.05) is 10.7 Å². The predicted octanol–water partition coefficient (Wildman–Crippen LogP) is 5.91. The fourth-order valence-electron chi connectivity index (χ4n) is 3.36. The van der Waals surface area contributed by atoms with Crippen LogP contribution in [-0.2, 0) is 14.8 Å². The number of halogens is 1. The van der Waals surface area contributed by atoms with Crippen molar-refractivity contribution in [3.63, 3.8) is 0 Å². The number of carbonyl (C=O) groups is 1. The van der Waals surface area contributed by atoms with Crippen LogP contribution in [-0.4, -0.2) is 20.9 Å². The van der Waals surface area contributed by atoms with Crippen LogP contribution in [0.4, 0.5) is 11.4 Å². The quantitative estimate of drug-likeness (QED) is 0.466. The molecule has 0 heterocycles. The number of anilines is 2. The van der Waals surface area contributed by atoms with Gasteiger partial charge in [-0.3, -0.25) is 9.10 Å². The van der Waals surface area contributed by atoms with Crippen LogP contribution < -0.4 is 9.62 Å². The van der Waals surface area contributed by atoms with E-state index in [0.717, 1.165) is 21.0 Å². The summed E-state index contributed by atoms with van der Waals surface area (Å²) in [6.07, 6.45) is 0. The average molecular weight is 471 g/mol. The molecule has 0 aromatic heterocycles. The summed E-state index contributed by atoms with van der Waals surface area (Å²) in [5.74, 6) is -0.214. The summed E-state index contributed by atoms with van der Waals surface area (Å²) in [5, 5.41) is 3.32. The van der Waals surface area contributed by atoms with Gasteiger partial charge in [0.2, 0.25) is 5.91 Å². The number of nitrogens with one attached hydrogen (secondary N) is 1. The van der Waals surface area contributed by atoms with Crippen molar-refractivity contribution in [3.8, 4) is 0 Å². The first-order chi connectivity index (χ1) is 15.1. The van der Waals surface area contributed by atoms with Crippen LogP contribution >= 0.6 is 11.6 Å². The molecule has 7 heteroatoms. The molecule has 3 aromatic carbocycles. The first kappa shape index (κ1) is 23.8. The van der Waals surface area contributed by atoms with Crippen LogP contribution in [0.3, 0.4) is 0 Å². The van der Waals surface area contributed by atoms with Crippen molar-refractivity contribution in [2.45, 2.75) is 38.5 Å². The Morgan fingerprint density at radius 2 is 1.62 bits per heavy atom. The van der Waals surface area contributed by atoms with Gasteiger partial charge in [0.25, 0.3) is 10.0 Å². The minimum atomic E-state index is -4.00. The van der Waals surface area contributed by atoms with E-state index in [1.54, 1.807) is 12.1 Å². The van der Waals surface area contributed by atoms with Gasteiger partial charge < -0.3 is 5.32 Å². The molecule has 3 aromatic rings. The molecule has 0 atom stereocenters. The van der Waals surface area contributed by atoms with Crippen molar-refractivity contribution in [1.82, 2.24) is 0 Å². The molecule has 1 amide bonds. The summed E-state index contributed by atoms with van der Waals surface area (Å²) in [7, 11) is -4.00. The van der Waals surface area contributed by atoms with E-state index in [4.69, 9.17) is 11.6 Å². The summed E-state index contributed by atoms with van der Waals surface area (Å²) < 4.78 is 28.1. The molecule has 0 spiro atoms. The molecule has 0 aliphatic heterocycles. The van der Waals surface area contributed by atoms with Gasteiger partial charge in [-0.05, 0) is 78.9 Å². The highest BCUT2D eigenvalue weighted by Gasteiger charge is 2.28. The average Bonchev–Trinajstić information content (AvgIpc) is 2.74. The fraction of sp³-hybridized carbons (Fsp3) is 0.240. The molecule has 0 unspecified atom stereocenters. The molecule has 0 radical (unpaired) electrons. The number of hydrogen-bond acceptors (Lipinski definition) is 3. The van der Waals surface area contributed by atoms with Crippen LogP contribution in [0.5, 0.6) is 0 Å². The van der Waals surface area contributed by atoms with Crippen LogP contribution in [0.15, 0.2) is 71.6 Å². The van der Waals surface area contributed by atoms with Gasteiger partial charge in [-0.25, -0.2) is 8.42 Å². The molecule has 0 aliphatic rings. The van der Waals surface area contributed by atoms with Crippen molar-refractivity contribution in [1.29, 1.82) is 0 Å². The maximum atomic E-state index is 13.5. The number of rotatable bonds is 7. The number of carbonyl (C=O) groups excluding carboxylic acids is 1. The van der Waals surface area contributed by atoms with E-state index in [2.05, 4.69) is 5.32 Å². The number of nitrogens with zero attached hydrogens (tertiary/aromatic N) is 1. The van der Waals surface area contributed by atoms with Gasteiger partial charge in [-0.2, -0.15) is 0 Å². The highest BCUT2D eigenvalue weighted by molar-refractivity contribution is 7.92. The summed E-state index contributed by atoms with van der Waals surface area (Å²) in [4.78, 5) is 13.1. The third-order valence-corrected chi connectivity index (χ3v) is 7.36. The Morgan fingerprint density at radius 3 is 2.25 bits per heavy atom. The molecule has 5 nitrogen and oxygen atoms in total. The maximum absolute atomic E-state index is 13.5. The summed E-state index contributed by atoms with van der Waals surface area (Å²) >= 11 is 5.94. The number of aryl methyl sites for hydroxylation is 2. The first-order valence-electron chi connectivity index (χ1n) is 10.3. The van der Waals surface area contributed by atoms with Gasteiger partial charge in [0.1, 0.15) is 6.54 Å². The Kier molecular flexibility index (Phi) is 7.26. The molecule has 0 saturated heterocycles. The third-order valence-electron chi connectivity index (χ3n) is 5.32. The Morgan fingerprint density at radius 1 is 0.969 bits per heavy atom. The van der Waals surface area contributed by atoms with Gasteiger partial charge in [0.05, 0.1) is 10.6 Å². The molecular formula is C25H27ClN2O3S. The number of benzene rings is 3. The Hall–Kier alpha value is -2.83. The van der Waals surface area contributed by atoms with Crippen LogP contribution in [0.1, 0.15) is 36.5 Å². The second kappa shape index (κ2) is 9.76. The second-order valence-electron chi connectivity index (χ2n) is 8.02. The number of sulfonamides is 1. The van der Waals surface area contributed by atoms with Crippen LogP contribution in [0, 0.1) is 13.8 Å². The third kappa shape index (κ3) is 5.31. The fourth-order valence-corrected chi connectivity index (χ4v) is 4.90. The molecule has 0 bridgehead atoms. The molecule has 0 saturated carbocycles. The van der Waals surface area contributed by atoms with E-state index < -0.39 is 15.9 Å². The molecule has 0 fully saturated rings. The summed E-state index contributed by atoms with van der Waals surface area (Å²) in [5.41, 5.74) is 4.06. The van der Waals surface area contributed by atoms with E-state index in [1.165, 1.54) is 24.3 Å². The lowest BCUT2D eigenvalue weighted by Crippen LogP contribution is -2.38. The monoisotopic (exact) mass is 470 g/mol. The highest BCUT2D eigenvalue weighted by atomic mass is 35.5. The molecule has 0 aliphatic carbocycles. The number of para-hydroxylation sites is 1. The van der Waals surface area contributed by atoms with Crippen LogP contribution in [0.2, 0.25) is 5.02 Å². The number of hydrogen-bond donors (Lipinski definition) is 1. The zero-order valence-electron chi connectivity index (χ0n) is 18.6. The second-order valence-corrected chi connectivity index (χ2v) is 10.3. The van der Waals surface area contributed by atoms with Crippen molar-refractivity contribution >= 4 is 38.9 Å². The van der Waals surface area contributed by atoms with Crippen molar-refractivity contribution in [3.05, 3.63) is 88.4 Å². The normalized spacial score (nSPS) is 11.4. The van der Waals surface area contributed by atoms with E-state index in [0.29, 0.717) is 16.4 Å². The topological polar surface area (TPSA) is 66.5 Å². The largest absolute Gasteiger partial charge is 0.324 e. The Labute approximate surface area is 195 Å². The van der Waals surface area contributed by atoms with Crippen molar-refractivity contribution in [2.24, 2.45) is 0 Å². The predicted molar refractivity (Wildman–Crippen MR) is 131 cm³/mol. The smallest absolute Gasteiger partial charge is 0.264 e. The summed E-state index contributed by atoms with van der Waals surface area (Å²) in [6, 6.07) is 18.8. The lowest BCUT2D eigenvalue weighted by Gasteiger charge is -2.25. The van der Waals surface area contributed by atoms with E-state index in [1.807, 2.05) is 58.0 Å². The zero-order chi connectivity index (χ0) is 23.5. The molecule has 3 rings (SSSR count). The van der Waals surface area contributed by atoms with Crippen LogP contribution in [0.25, 0.3) is 0 Å². The lowest BCUT2D eigenvalue weighted by molar-refractivity contribution is -0.114. The van der Waals surface area contributed by atoms with E-state index in [9.17, 15) is 13.2 Å². The Balaban J connectivity index is 1.99. The maximum Gasteiger partial charge on any atom is 0.264 e. The van der Waals surface area contributed by atoms with Crippen molar-refractivity contribution in [2.75, 3.05) is 16.2 Å². The van der Waals surface area contributed by atoms with Gasteiger partial charge >= 0.3 is 0 Å². The molecule has 1 N–H and O–H groups in total. The van der Waals surface area contributed by atoms with Gasteiger partial charge in [-0.1, -0.05) is 49.7 Å². The minimum Gasteiger partial charge on any atom is -0.324 e. The Bertz CT molecular complexity index is 1220. The SMILES string of the molecule is Cc1ccc(N(CC(=O)Nc2ccccc2C(C)C)S(=O)(=O)c2ccc(Cl)cc2)cc1C. The summed E-state index contributed by atoms with van der Waals surface area (Å²) in [6.45, 7) is 7.58. The first-order valence-corrected chi connectivity index (χ1v) is 12.2. The molecule has 168 valence electrons. The zero-order valence-corrected chi connectivity index (χ0v) is 20.2. The highest BCUT2D eigenvalue weighted by Crippen LogP contribution is 2.28. The van der Waals surface area contributed by atoms with E-state index in [-0.39, 0.29) is 17.4 Å². The minimum absolute atomic E-state index is 0.0653. The van der Waals surface area contributed by atoms with Gasteiger partial charge in [0.15, 0.2) is 0 Å². The van der Waals surface area contributed by atoms with E-state index >= 15 is 0 Å². The number of amides is 1. The van der Waals surface area contributed by atoms with Gasteiger partial charge in [-0.15, -0.1) is 0 Å².